The Labute approximate surface area is 182 Å². The zero-order valence-electron chi connectivity index (χ0n) is 17.3. The highest BCUT2D eigenvalue weighted by molar-refractivity contribution is 6.21. The largest absolute Gasteiger partial charge is 0.311 e. The Morgan fingerprint density at radius 3 is 2.44 bits per heavy atom. The SMILES string of the molecule is Cc1cnn(Cc2cc(F)ccc2F)c1NC(=O)CCCN1C(=O)c2ccccc2C1=O. The Balaban J connectivity index is 1.36. The molecule has 1 aliphatic rings. The van der Waals surface area contributed by atoms with Gasteiger partial charge in [-0.05, 0) is 43.7 Å². The molecular formula is C23H20F2N4O3. The van der Waals surface area contributed by atoms with Gasteiger partial charge in [-0.25, -0.2) is 13.5 Å². The van der Waals surface area contributed by atoms with Gasteiger partial charge < -0.3 is 5.32 Å². The minimum atomic E-state index is -0.572. The van der Waals surface area contributed by atoms with Crippen LogP contribution in [0.15, 0.2) is 48.7 Å². The number of rotatable bonds is 7. The fourth-order valence-electron chi connectivity index (χ4n) is 3.62. The van der Waals surface area contributed by atoms with E-state index in [1.165, 1.54) is 10.9 Å². The molecule has 0 saturated carbocycles. The van der Waals surface area contributed by atoms with Crippen molar-refractivity contribution in [2.45, 2.75) is 26.3 Å². The fraction of sp³-hybridized carbons (Fsp3) is 0.217. The second-order valence-corrected chi connectivity index (χ2v) is 7.53. The van der Waals surface area contributed by atoms with Crippen molar-refractivity contribution >= 4 is 23.5 Å². The van der Waals surface area contributed by atoms with Gasteiger partial charge in [0.05, 0.1) is 23.9 Å². The summed E-state index contributed by atoms with van der Waals surface area (Å²) in [7, 11) is 0. The summed E-state index contributed by atoms with van der Waals surface area (Å²) in [5.41, 5.74) is 1.50. The number of halogens is 2. The molecule has 164 valence electrons. The van der Waals surface area contributed by atoms with Crippen molar-refractivity contribution in [3.05, 3.63) is 82.5 Å². The number of nitrogens with one attached hydrogen (secondary N) is 1. The molecule has 0 atom stereocenters. The molecule has 2 heterocycles. The molecule has 32 heavy (non-hydrogen) atoms. The van der Waals surface area contributed by atoms with Gasteiger partial charge in [-0.1, -0.05) is 12.1 Å². The maximum atomic E-state index is 14.0. The van der Waals surface area contributed by atoms with Crippen molar-refractivity contribution in [1.82, 2.24) is 14.7 Å². The molecule has 0 aliphatic carbocycles. The first-order valence-corrected chi connectivity index (χ1v) is 10.1. The van der Waals surface area contributed by atoms with Crippen LogP contribution in [0, 0.1) is 18.6 Å². The van der Waals surface area contributed by atoms with E-state index in [1.54, 1.807) is 31.2 Å². The number of aryl methyl sites for hydroxylation is 1. The number of nitrogens with zero attached hydrogens (tertiary/aromatic N) is 3. The number of fused-ring (bicyclic) bond motifs is 1. The Morgan fingerprint density at radius 1 is 1.06 bits per heavy atom. The molecule has 3 amide bonds. The van der Waals surface area contributed by atoms with Crippen LogP contribution in [-0.4, -0.2) is 38.9 Å². The number of hydrogen-bond donors (Lipinski definition) is 1. The average molecular weight is 438 g/mol. The third-order valence-electron chi connectivity index (χ3n) is 5.27. The molecular weight excluding hydrogens is 418 g/mol. The normalized spacial score (nSPS) is 12.9. The third-order valence-corrected chi connectivity index (χ3v) is 5.27. The van der Waals surface area contributed by atoms with Gasteiger partial charge in [0.25, 0.3) is 11.8 Å². The van der Waals surface area contributed by atoms with E-state index in [-0.39, 0.29) is 49.2 Å². The molecule has 1 aromatic heterocycles. The number of carbonyl (C=O) groups excluding carboxylic acids is 3. The highest BCUT2D eigenvalue weighted by Crippen LogP contribution is 2.23. The van der Waals surface area contributed by atoms with E-state index in [1.807, 2.05) is 0 Å². The monoisotopic (exact) mass is 438 g/mol. The van der Waals surface area contributed by atoms with E-state index >= 15 is 0 Å². The van der Waals surface area contributed by atoms with Crippen LogP contribution in [-0.2, 0) is 11.3 Å². The van der Waals surface area contributed by atoms with Crippen molar-refractivity contribution in [2.24, 2.45) is 0 Å². The van der Waals surface area contributed by atoms with Crippen LogP contribution in [0.3, 0.4) is 0 Å². The zero-order chi connectivity index (χ0) is 22.8. The lowest BCUT2D eigenvalue weighted by Crippen LogP contribution is -2.31. The Bertz CT molecular complexity index is 1190. The quantitative estimate of drug-likeness (QED) is 0.572. The van der Waals surface area contributed by atoms with Crippen LogP contribution in [0.25, 0.3) is 0 Å². The smallest absolute Gasteiger partial charge is 0.261 e. The van der Waals surface area contributed by atoms with Gasteiger partial charge in [-0.2, -0.15) is 5.10 Å². The summed E-state index contributed by atoms with van der Waals surface area (Å²) < 4.78 is 28.8. The van der Waals surface area contributed by atoms with E-state index in [2.05, 4.69) is 10.4 Å². The average Bonchev–Trinajstić information content (AvgIpc) is 3.23. The van der Waals surface area contributed by atoms with Crippen molar-refractivity contribution in [1.29, 1.82) is 0 Å². The topological polar surface area (TPSA) is 84.3 Å². The van der Waals surface area contributed by atoms with Crippen molar-refractivity contribution in [3.8, 4) is 0 Å². The van der Waals surface area contributed by atoms with Crippen molar-refractivity contribution in [2.75, 3.05) is 11.9 Å². The van der Waals surface area contributed by atoms with E-state index in [9.17, 15) is 23.2 Å². The Hall–Kier alpha value is -3.88. The van der Waals surface area contributed by atoms with Crippen LogP contribution in [0.5, 0.6) is 0 Å². The molecule has 2 aromatic carbocycles. The molecule has 0 bridgehead atoms. The number of benzene rings is 2. The standard InChI is InChI=1S/C23H20F2N4O3/c1-14-12-26-29(13-15-11-16(24)8-9-19(15)25)21(14)27-20(30)7-4-10-28-22(31)17-5-2-3-6-18(17)23(28)32/h2-3,5-6,8-9,11-12H,4,7,10,13H2,1H3,(H,27,30). The lowest BCUT2D eigenvalue weighted by molar-refractivity contribution is -0.116. The van der Waals surface area contributed by atoms with Crippen LogP contribution in [0.4, 0.5) is 14.6 Å². The van der Waals surface area contributed by atoms with Gasteiger partial charge in [-0.15, -0.1) is 0 Å². The molecule has 1 aliphatic heterocycles. The van der Waals surface area contributed by atoms with Gasteiger partial charge in [0.1, 0.15) is 17.5 Å². The molecule has 4 rings (SSSR count). The lowest BCUT2D eigenvalue weighted by Gasteiger charge is -2.14. The van der Waals surface area contributed by atoms with E-state index in [4.69, 9.17) is 0 Å². The molecule has 0 saturated heterocycles. The summed E-state index contributed by atoms with van der Waals surface area (Å²) in [6.07, 6.45) is 1.86. The first kappa shape index (κ1) is 21.4. The number of aromatic nitrogens is 2. The number of hydrogen-bond acceptors (Lipinski definition) is 4. The third kappa shape index (κ3) is 4.14. The highest BCUT2D eigenvalue weighted by Gasteiger charge is 2.34. The second-order valence-electron chi connectivity index (χ2n) is 7.53. The molecule has 0 unspecified atom stereocenters. The van der Waals surface area contributed by atoms with Crippen LogP contribution >= 0.6 is 0 Å². The Morgan fingerprint density at radius 2 is 1.75 bits per heavy atom. The van der Waals surface area contributed by atoms with Crippen molar-refractivity contribution in [3.63, 3.8) is 0 Å². The van der Waals surface area contributed by atoms with E-state index in [0.717, 1.165) is 23.1 Å². The summed E-state index contributed by atoms with van der Waals surface area (Å²) in [5, 5.41) is 6.87. The minimum Gasteiger partial charge on any atom is -0.311 e. The van der Waals surface area contributed by atoms with Gasteiger partial charge in [0.15, 0.2) is 0 Å². The summed E-state index contributed by atoms with van der Waals surface area (Å²) in [5.74, 6) is -1.83. The van der Waals surface area contributed by atoms with Gasteiger partial charge in [0.2, 0.25) is 5.91 Å². The predicted octanol–water partition coefficient (Wildman–Crippen LogP) is 3.53. The zero-order valence-corrected chi connectivity index (χ0v) is 17.3. The minimum absolute atomic E-state index is 0.0535. The summed E-state index contributed by atoms with van der Waals surface area (Å²) >= 11 is 0. The van der Waals surface area contributed by atoms with Gasteiger partial charge >= 0.3 is 0 Å². The maximum absolute atomic E-state index is 14.0. The highest BCUT2D eigenvalue weighted by atomic mass is 19.1. The molecule has 1 N–H and O–H groups in total. The van der Waals surface area contributed by atoms with Crippen LogP contribution in [0.1, 0.15) is 44.7 Å². The number of amides is 3. The predicted molar refractivity (Wildman–Crippen MR) is 112 cm³/mol. The molecule has 0 fully saturated rings. The number of anilines is 1. The molecule has 3 aromatic rings. The van der Waals surface area contributed by atoms with Gasteiger partial charge in [0, 0.05) is 24.1 Å². The number of imide groups is 1. The molecule has 0 radical (unpaired) electrons. The first-order chi connectivity index (χ1) is 15.3. The van der Waals surface area contributed by atoms with Crippen LogP contribution < -0.4 is 5.32 Å². The summed E-state index contributed by atoms with van der Waals surface area (Å²) in [4.78, 5) is 38.4. The van der Waals surface area contributed by atoms with Gasteiger partial charge in [-0.3, -0.25) is 19.3 Å². The molecule has 9 heteroatoms. The number of carbonyl (C=O) groups is 3. The van der Waals surface area contributed by atoms with Crippen molar-refractivity contribution < 1.29 is 23.2 Å². The lowest BCUT2D eigenvalue weighted by atomic mass is 10.1. The Kier molecular flexibility index (Phi) is 5.81. The first-order valence-electron chi connectivity index (χ1n) is 10.1. The molecule has 0 spiro atoms. The molecule has 7 nitrogen and oxygen atoms in total. The van der Waals surface area contributed by atoms with E-state index < -0.39 is 11.6 Å². The van der Waals surface area contributed by atoms with Crippen LogP contribution in [0.2, 0.25) is 0 Å². The summed E-state index contributed by atoms with van der Waals surface area (Å²) in [6, 6.07) is 9.76. The fourth-order valence-corrected chi connectivity index (χ4v) is 3.62. The maximum Gasteiger partial charge on any atom is 0.261 e. The second kappa shape index (κ2) is 8.70. The van der Waals surface area contributed by atoms with E-state index in [0.29, 0.717) is 22.5 Å². The summed E-state index contributed by atoms with van der Waals surface area (Å²) in [6.45, 7) is 1.80.